The van der Waals surface area contributed by atoms with Crippen LogP contribution in [0.1, 0.15) is 35.7 Å². The van der Waals surface area contributed by atoms with Crippen molar-refractivity contribution < 1.29 is 9.90 Å². The van der Waals surface area contributed by atoms with Crippen molar-refractivity contribution in [1.82, 2.24) is 4.57 Å². The molecule has 0 aliphatic rings. The van der Waals surface area contributed by atoms with Gasteiger partial charge in [0.25, 0.3) is 0 Å². The number of anilines is 1. The van der Waals surface area contributed by atoms with Gasteiger partial charge in [0, 0.05) is 24.7 Å². The minimum absolute atomic E-state index is 0.231. The van der Waals surface area contributed by atoms with E-state index in [0.717, 1.165) is 25.8 Å². The van der Waals surface area contributed by atoms with Gasteiger partial charge in [-0.1, -0.05) is 41.9 Å². The highest BCUT2D eigenvalue weighted by Crippen LogP contribution is 2.27. The van der Waals surface area contributed by atoms with Crippen LogP contribution in [0.2, 0.25) is 5.02 Å². The van der Waals surface area contributed by atoms with Gasteiger partial charge in [0.05, 0.1) is 16.2 Å². The van der Waals surface area contributed by atoms with E-state index in [0.29, 0.717) is 28.2 Å². The SMILES string of the molecule is CCn1cc(C(=O)O)c(=O)c2cc(NCCCCc3ccccc3)c(Cl)cc21. The molecule has 0 fully saturated rings. The van der Waals surface area contributed by atoms with Gasteiger partial charge in [0.1, 0.15) is 5.56 Å². The van der Waals surface area contributed by atoms with Gasteiger partial charge in [-0.05, 0) is 43.9 Å². The Bertz CT molecular complexity index is 1050. The van der Waals surface area contributed by atoms with Gasteiger partial charge >= 0.3 is 5.97 Å². The summed E-state index contributed by atoms with van der Waals surface area (Å²) in [6, 6.07) is 13.7. The van der Waals surface area contributed by atoms with Gasteiger partial charge in [-0.25, -0.2) is 4.79 Å². The molecule has 0 amide bonds. The molecule has 3 rings (SSSR count). The summed E-state index contributed by atoms with van der Waals surface area (Å²) in [7, 11) is 0. The van der Waals surface area contributed by atoms with Crippen LogP contribution in [-0.2, 0) is 13.0 Å². The van der Waals surface area contributed by atoms with Crippen molar-refractivity contribution in [2.45, 2.75) is 32.7 Å². The van der Waals surface area contributed by atoms with Crippen LogP contribution in [-0.4, -0.2) is 22.2 Å². The molecule has 146 valence electrons. The van der Waals surface area contributed by atoms with Crippen LogP contribution in [0, 0.1) is 0 Å². The van der Waals surface area contributed by atoms with E-state index in [2.05, 4.69) is 17.4 Å². The zero-order chi connectivity index (χ0) is 20.1. The molecule has 0 spiro atoms. The molecule has 6 heteroatoms. The van der Waals surface area contributed by atoms with E-state index >= 15 is 0 Å². The molecule has 0 atom stereocenters. The summed E-state index contributed by atoms with van der Waals surface area (Å²) < 4.78 is 1.73. The lowest BCUT2D eigenvalue weighted by Gasteiger charge is -2.14. The number of carbonyl (C=O) groups is 1. The minimum atomic E-state index is -1.22. The van der Waals surface area contributed by atoms with Crippen molar-refractivity contribution in [2.24, 2.45) is 0 Å². The summed E-state index contributed by atoms with van der Waals surface area (Å²) in [5.41, 5.74) is 1.88. The molecule has 0 bridgehead atoms. The summed E-state index contributed by atoms with van der Waals surface area (Å²) in [4.78, 5) is 24.0. The second-order valence-electron chi connectivity index (χ2n) is 6.68. The number of fused-ring (bicyclic) bond motifs is 1. The van der Waals surface area contributed by atoms with Gasteiger partial charge in [0.2, 0.25) is 5.43 Å². The maximum Gasteiger partial charge on any atom is 0.341 e. The predicted molar refractivity (Wildman–Crippen MR) is 114 cm³/mol. The maximum atomic E-state index is 12.6. The zero-order valence-electron chi connectivity index (χ0n) is 15.7. The maximum absolute atomic E-state index is 12.6. The molecular formula is C22H23ClN2O3. The van der Waals surface area contributed by atoms with Crippen LogP contribution in [0.4, 0.5) is 5.69 Å². The Morgan fingerprint density at radius 1 is 1.18 bits per heavy atom. The number of pyridine rings is 1. The second kappa shape index (κ2) is 8.93. The predicted octanol–water partition coefficient (Wildman–Crippen LogP) is 4.81. The Hall–Kier alpha value is -2.79. The quantitative estimate of drug-likeness (QED) is 0.534. The summed E-state index contributed by atoms with van der Waals surface area (Å²) in [5, 5.41) is 13.5. The van der Waals surface area contributed by atoms with Gasteiger partial charge in [-0.3, -0.25) is 4.79 Å². The molecule has 3 aromatic rings. The number of nitrogens with zero attached hydrogens (tertiary/aromatic N) is 1. The largest absolute Gasteiger partial charge is 0.477 e. The molecular weight excluding hydrogens is 376 g/mol. The lowest BCUT2D eigenvalue weighted by Crippen LogP contribution is -2.19. The molecule has 5 nitrogen and oxygen atoms in total. The number of aromatic carboxylic acids is 1. The van der Waals surface area contributed by atoms with E-state index in [1.807, 2.05) is 25.1 Å². The van der Waals surface area contributed by atoms with Crippen molar-refractivity contribution in [2.75, 3.05) is 11.9 Å². The first-order valence-electron chi connectivity index (χ1n) is 9.39. The number of rotatable bonds is 8. The third kappa shape index (κ3) is 4.37. The number of carboxylic acids is 1. The highest BCUT2D eigenvalue weighted by Gasteiger charge is 2.16. The molecule has 0 saturated carbocycles. The highest BCUT2D eigenvalue weighted by molar-refractivity contribution is 6.34. The summed E-state index contributed by atoms with van der Waals surface area (Å²) in [6.07, 6.45) is 4.38. The van der Waals surface area contributed by atoms with Crippen LogP contribution < -0.4 is 10.7 Å². The molecule has 0 aliphatic heterocycles. The Morgan fingerprint density at radius 3 is 2.61 bits per heavy atom. The third-order valence-corrected chi connectivity index (χ3v) is 5.10. The van der Waals surface area contributed by atoms with Crippen molar-refractivity contribution in [3.8, 4) is 0 Å². The highest BCUT2D eigenvalue weighted by atomic mass is 35.5. The smallest absolute Gasteiger partial charge is 0.341 e. The number of halogens is 1. The molecule has 28 heavy (non-hydrogen) atoms. The number of aryl methyl sites for hydroxylation is 2. The fraction of sp³-hybridized carbons (Fsp3) is 0.273. The Kier molecular flexibility index (Phi) is 6.37. The number of benzene rings is 2. The number of hydrogen-bond acceptors (Lipinski definition) is 3. The Balaban J connectivity index is 1.76. The monoisotopic (exact) mass is 398 g/mol. The number of carboxylic acid groups (broad SMARTS) is 1. The van der Waals surface area contributed by atoms with Crippen LogP contribution in [0.3, 0.4) is 0 Å². The molecule has 0 radical (unpaired) electrons. The molecule has 1 heterocycles. The van der Waals surface area contributed by atoms with Gasteiger partial charge in [-0.2, -0.15) is 0 Å². The number of aromatic nitrogens is 1. The summed E-state index contributed by atoms with van der Waals surface area (Å²) >= 11 is 6.40. The first-order chi connectivity index (χ1) is 13.5. The van der Waals surface area contributed by atoms with Crippen LogP contribution >= 0.6 is 11.6 Å². The van der Waals surface area contributed by atoms with Gasteiger partial charge < -0.3 is 15.0 Å². The van der Waals surface area contributed by atoms with Crippen molar-refractivity contribution in [3.63, 3.8) is 0 Å². The Morgan fingerprint density at radius 2 is 1.93 bits per heavy atom. The summed E-state index contributed by atoms with van der Waals surface area (Å²) in [5.74, 6) is -1.22. The number of hydrogen-bond donors (Lipinski definition) is 2. The van der Waals surface area contributed by atoms with Gasteiger partial charge in [-0.15, -0.1) is 0 Å². The first kappa shape index (κ1) is 20.0. The van der Waals surface area contributed by atoms with E-state index in [4.69, 9.17) is 11.6 Å². The average molecular weight is 399 g/mol. The topological polar surface area (TPSA) is 71.3 Å². The second-order valence-corrected chi connectivity index (χ2v) is 7.09. The lowest BCUT2D eigenvalue weighted by atomic mass is 10.1. The normalized spacial score (nSPS) is 10.9. The summed E-state index contributed by atoms with van der Waals surface area (Å²) in [6.45, 7) is 3.15. The Labute approximate surface area is 168 Å². The van der Waals surface area contributed by atoms with E-state index in [1.54, 1.807) is 16.7 Å². The van der Waals surface area contributed by atoms with E-state index in [-0.39, 0.29) is 5.56 Å². The third-order valence-electron chi connectivity index (χ3n) is 4.79. The molecule has 2 aromatic carbocycles. The molecule has 0 unspecified atom stereocenters. The van der Waals surface area contributed by atoms with E-state index in [9.17, 15) is 14.7 Å². The zero-order valence-corrected chi connectivity index (χ0v) is 16.5. The minimum Gasteiger partial charge on any atom is -0.477 e. The standard InChI is InChI=1S/C22H23ClN2O3/c1-2-25-14-17(22(27)28)21(26)16-12-19(18(23)13-20(16)25)24-11-7-6-10-15-8-4-3-5-9-15/h3-5,8-9,12-14,24H,2,6-7,10-11H2,1H3,(H,27,28). The molecule has 2 N–H and O–H groups in total. The van der Waals surface area contributed by atoms with Crippen LogP contribution in [0.15, 0.2) is 53.5 Å². The van der Waals surface area contributed by atoms with E-state index in [1.165, 1.54) is 11.8 Å². The van der Waals surface area contributed by atoms with E-state index < -0.39 is 11.4 Å². The lowest BCUT2D eigenvalue weighted by molar-refractivity contribution is 0.0695. The molecule has 0 saturated heterocycles. The van der Waals surface area contributed by atoms with Crippen molar-refractivity contribution >= 4 is 34.2 Å². The van der Waals surface area contributed by atoms with Crippen LogP contribution in [0.5, 0.6) is 0 Å². The number of unbranched alkanes of at least 4 members (excludes halogenated alkanes) is 1. The molecule has 0 aliphatic carbocycles. The fourth-order valence-electron chi connectivity index (χ4n) is 3.28. The van der Waals surface area contributed by atoms with Crippen molar-refractivity contribution in [1.29, 1.82) is 0 Å². The first-order valence-corrected chi connectivity index (χ1v) is 9.77. The fourth-order valence-corrected chi connectivity index (χ4v) is 3.51. The van der Waals surface area contributed by atoms with Gasteiger partial charge in [0.15, 0.2) is 0 Å². The number of nitrogens with one attached hydrogen (secondary N) is 1. The van der Waals surface area contributed by atoms with Crippen molar-refractivity contribution in [3.05, 3.63) is 75.0 Å². The average Bonchev–Trinajstić information content (AvgIpc) is 2.69. The van der Waals surface area contributed by atoms with Crippen LogP contribution in [0.25, 0.3) is 10.9 Å². The molecule has 1 aromatic heterocycles.